The summed E-state index contributed by atoms with van der Waals surface area (Å²) in [4.78, 5) is 11.1. The summed E-state index contributed by atoms with van der Waals surface area (Å²) in [5.74, 6) is 0.862. The summed E-state index contributed by atoms with van der Waals surface area (Å²) < 4.78 is 18.2. The number of nitrogens with zero attached hydrogens (tertiary/aromatic N) is 1. The zero-order valence-electron chi connectivity index (χ0n) is 25.6. The van der Waals surface area contributed by atoms with Gasteiger partial charge in [-0.25, -0.2) is 9.36 Å². The number of carbonyl (C=O) groups excluding carboxylic acids is 1. The topological polar surface area (TPSA) is 60.7 Å². The smallest absolute Gasteiger partial charge is 0.407 e. The molecule has 2 unspecified atom stereocenters. The third-order valence-electron chi connectivity index (χ3n) is 7.13. The lowest BCUT2D eigenvalue weighted by Gasteiger charge is -2.22. The summed E-state index contributed by atoms with van der Waals surface area (Å²) in [6, 6.07) is 3.97. The first-order valence-corrected chi connectivity index (χ1v) is 15.8. The van der Waals surface area contributed by atoms with Crippen molar-refractivity contribution in [2.45, 2.75) is 155 Å². The van der Waals surface area contributed by atoms with E-state index < -0.39 is 0 Å². The number of methoxy groups -OCH3 is 1. The fourth-order valence-corrected chi connectivity index (χ4v) is 4.64. The molecule has 1 fully saturated rings. The van der Waals surface area contributed by atoms with Crippen LogP contribution in [0.5, 0.6) is 5.75 Å². The van der Waals surface area contributed by atoms with Gasteiger partial charge in [0.05, 0.1) is 0 Å². The molecule has 1 aromatic rings. The third kappa shape index (κ3) is 21.1. The summed E-state index contributed by atoms with van der Waals surface area (Å²) >= 11 is 0. The van der Waals surface area contributed by atoms with Crippen LogP contribution in [0, 0.1) is 0 Å². The van der Waals surface area contributed by atoms with Crippen molar-refractivity contribution >= 4 is 6.09 Å². The fourth-order valence-electron chi connectivity index (χ4n) is 4.64. The van der Waals surface area contributed by atoms with E-state index in [1.54, 1.807) is 7.11 Å². The fraction of sp³-hybridized carbons (Fsp3) is 0.812. The van der Waals surface area contributed by atoms with Crippen molar-refractivity contribution in [1.82, 2.24) is 5.32 Å². The highest BCUT2D eigenvalue weighted by Crippen LogP contribution is 2.16. The minimum Gasteiger partial charge on any atom is -1.00 e. The summed E-state index contributed by atoms with van der Waals surface area (Å²) in [7, 11) is 1.67. The lowest BCUT2D eigenvalue weighted by molar-refractivity contribution is -0.697. The van der Waals surface area contributed by atoms with Gasteiger partial charge in [-0.05, 0) is 12.8 Å². The highest BCUT2D eigenvalue weighted by molar-refractivity contribution is 5.67. The second-order valence-corrected chi connectivity index (χ2v) is 10.6. The van der Waals surface area contributed by atoms with Crippen molar-refractivity contribution in [2.75, 3.05) is 13.7 Å². The van der Waals surface area contributed by atoms with Crippen molar-refractivity contribution < 1.29 is 40.6 Å². The monoisotopic (exact) mass is 614 g/mol. The zero-order valence-corrected chi connectivity index (χ0v) is 27.2. The van der Waals surface area contributed by atoms with Crippen LogP contribution in [0.2, 0.25) is 0 Å². The molecule has 0 radical (unpaired) electrons. The van der Waals surface area contributed by atoms with E-state index in [-0.39, 0.29) is 35.5 Å². The average molecular weight is 616 g/mol. The SMILES string of the molecule is CCCCCCCCCCCCCCCC1CCNC(=O)O1.CCCC[n+]1ccc(OC(CC)OC)cc1.[Br-]. The van der Waals surface area contributed by atoms with Crippen LogP contribution in [0.3, 0.4) is 0 Å². The van der Waals surface area contributed by atoms with E-state index in [1.165, 1.54) is 96.3 Å². The van der Waals surface area contributed by atoms with Gasteiger partial charge in [0.2, 0.25) is 0 Å². The molecule has 1 aliphatic heterocycles. The number of aromatic nitrogens is 1. The molecule has 6 nitrogen and oxygen atoms in total. The molecular formula is C32H59BrN2O4. The van der Waals surface area contributed by atoms with E-state index in [1.807, 2.05) is 31.5 Å². The zero-order chi connectivity index (χ0) is 27.7. The van der Waals surface area contributed by atoms with Gasteiger partial charge in [0, 0.05) is 45.0 Å². The number of ether oxygens (including phenoxy) is 3. The van der Waals surface area contributed by atoms with Gasteiger partial charge in [0.25, 0.3) is 0 Å². The van der Waals surface area contributed by atoms with Crippen LogP contribution in [0.4, 0.5) is 4.79 Å². The van der Waals surface area contributed by atoms with Crippen LogP contribution in [0.15, 0.2) is 24.5 Å². The first-order valence-electron chi connectivity index (χ1n) is 15.8. The molecule has 2 atom stereocenters. The van der Waals surface area contributed by atoms with E-state index in [0.29, 0.717) is 0 Å². The second-order valence-electron chi connectivity index (χ2n) is 10.6. The van der Waals surface area contributed by atoms with Gasteiger partial charge in [-0.2, -0.15) is 0 Å². The highest BCUT2D eigenvalue weighted by Gasteiger charge is 2.18. The number of aryl methyl sites for hydroxylation is 1. The molecule has 0 spiro atoms. The number of cyclic esters (lactones) is 1. The molecule has 0 aliphatic carbocycles. The molecule has 228 valence electrons. The van der Waals surface area contributed by atoms with Crippen molar-refractivity contribution in [3.8, 4) is 5.75 Å². The average Bonchev–Trinajstić information content (AvgIpc) is 2.94. The number of nitrogens with one attached hydrogen (secondary N) is 1. The van der Waals surface area contributed by atoms with Gasteiger partial charge in [-0.15, -0.1) is 0 Å². The summed E-state index contributed by atoms with van der Waals surface area (Å²) in [5, 5.41) is 2.70. The Balaban J connectivity index is 0.000000756. The maximum Gasteiger partial charge on any atom is 0.407 e. The van der Waals surface area contributed by atoms with E-state index in [2.05, 4.69) is 23.7 Å². The Morgan fingerprint density at radius 3 is 1.90 bits per heavy atom. The first-order chi connectivity index (χ1) is 18.6. The minimum absolute atomic E-state index is 0. The number of hydrogen-bond acceptors (Lipinski definition) is 4. The number of unbranched alkanes of at least 4 members (excludes halogenated alkanes) is 13. The first kappa shape index (κ1) is 37.7. The predicted molar refractivity (Wildman–Crippen MR) is 156 cm³/mol. The van der Waals surface area contributed by atoms with Crippen molar-refractivity contribution in [1.29, 1.82) is 0 Å². The molecule has 1 saturated heterocycles. The van der Waals surface area contributed by atoms with Gasteiger partial charge >= 0.3 is 6.09 Å². The number of rotatable bonds is 21. The van der Waals surface area contributed by atoms with Crippen molar-refractivity contribution in [2.24, 2.45) is 0 Å². The number of hydrogen-bond donors (Lipinski definition) is 1. The molecular weight excluding hydrogens is 556 g/mol. The van der Waals surface area contributed by atoms with Crippen LogP contribution < -0.4 is 31.6 Å². The Hall–Kier alpha value is -1.34. The van der Waals surface area contributed by atoms with Crippen molar-refractivity contribution in [3.63, 3.8) is 0 Å². The maximum absolute atomic E-state index is 11.1. The Morgan fingerprint density at radius 1 is 0.872 bits per heavy atom. The molecule has 1 aliphatic rings. The Kier molecular flexibility index (Phi) is 25.9. The van der Waals surface area contributed by atoms with E-state index in [4.69, 9.17) is 14.2 Å². The molecule has 0 aromatic carbocycles. The van der Waals surface area contributed by atoms with Gasteiger partial charge < -0.3 is 36.5 Å². The molecule has 2 heterocycles. The molecule has 1 aromatic heterocycles. The molecule has 1 N–H and O–H groups in total. The number of pyridine rings is 1. The summed E-state index contributed by atoms with van der Waals surface area (Å²) in [5.41, 5.74) is 0. The van der Waals surface area contributed by atoms with Crippen LogP contribution in [0.25, 0.3) is 0 Å². The van der Waals surface area contributed by atoms with Gasteiger partial charge in [0.1, 0.15) is 18.4 Å². The standard InChI is InChI=1S/C19H37NO2.C13H22NO2.BrH/c1-2-3-4-5-6-7-8-9-10-11-12-13-14-15-18-16-17-20-19(21)22-18;1-4-6-9-14-10-7-12(8-11-14)16-13(5-2)15-3;/h18H,2-17H2,1H3,(H,20,21);7-8,10-11,13H,4-6,9H2,1-3H3;1H/q;+1;/p-1. The summed E-state index contributed by atoms with van der Waals surface area (Å²) in [6.45, 7) is 8.36. The third-order valence-corrected chi connectivity index (χ3v) is 7.13. The molecule has 1 amide bonds. The number of alkyl carbamates (subject to hydrolysis) is 1. The van der Waals surface area contributed by atoms with Crippen LogP contribution in [-0.2, 0) is 16.0 Å². The quantitative estimate of drug-likeness (QED) is 0.113. The highest BCUT2D eigenvalue weighted by atomic mass is 79.9. The van der Waals surface area contributed by atoms with Crippen LogP contribution in [0.1, 0.15) is 136 Å². The van der Waals surface area contributed by atoms with Crippen LogP contribution in [-0.4, -0.2) is 32.1 Å². The molecule has 39 heavy (non-hydrogen) atoms. The number of amides is 1. The molecule has 0 saturated carbocycles. The van der Waals surface area contributed by atoms with E-state index in [0.717, 1.165) is 38.1 Å². The Labute approximate surface area is 250 Å². The molecule has 2 rings (SSSR count). The summed E-state index contributed by atoms with van der Waals surface area (Å²) in [6.07, 6.45) is 27.1. The van der Waals surface area contributed by atoms with Crippen LogP contribution >= 0.6 is 0 Å². The number of carbonyl (C=O) groups is 1. The van der Waals surface area contributed by atoms with E-state index >= 15 is 0 Å². The normalized spacial score (nSPS) is 15.3. The predicted octanol–water partition coefficient (Wildman–Crippen LogP) is 5.51. The minimum atomic E-state index is -0.231. The largest absolute Gasteiger partial charge is 1.00 e. The molecule has 0 bridgehead atoms. The Morgan fingerprint density at radius 2 is 1.41 bits per heavy atom. The lowest BCUT2D eigenvalue weighted by Crippen LogP contribution is -3.00. The lowest BCUT2D eigenvalue weighted by atomic mass is 10.0. The van der Waals surface area contributed by atoms with Gasteiger partial charge in [-0.1, -0.05) is 104 Å². The van der Waals surface area contributed by atoms with E-state index in [9.17, 15) is 4.79 Å². The van der Waals surface area contributed by atoms with Gasteiger partial charge in [-0.3, -0.25) is 0 Å². The molecule has 7 heteroatoms. The Bertz CT molecular complexity index is 671. The number of halogens is 1. The second kappa shape index (κ2) is 26.9. The van der Waals surface area contributed by atoms with Crippen molar-refractivity contribution in [3.05, 3.63) is 24.5 Å². The maximum atomic E-state index is 11.1. The van der Waals surface area contributed by atoms with Gasteiger partial charge in [0.15, 0.2) is 18.7 Å².